The Kier molecular flexibility index (Phi) is 7.33. The molecule has 0 aromatic heterocycles. The lowest BCUT2D eigenvalue weighted by molar-refractivity contribution is -0.116. The second kappa shape index (κ2) is 9.81. The van der Waals surface area contributed by atoms with E-state index in [1.807, 2.05) is 44.2 Å². The molecule has 3 rings (SSSR count). The number of hydrogen-bond acceptors (Lipinski definition) is 3. The number of carbonyl (C=O) groups is 1. The second-order valence-electron chi connectivity index (χ2n) is 7.56. The standard InChI is InChI=1S/C24H24ClFN2O3S/c1-16-9-11-21(13-17(16)2)32(30,31)28(18(3)19-7-5-4-6-8-19)15-24(29)27-23-12-10-20(26)14-22(23)25/h4-14,18H,15H2,1-3H3,(H,27,29)/t18-/m1/s1. The van der Waals surface area contributed by atoms with Crippen molar-refractivity contribution >= 4 is 33.2 Å². The fourth-order valence-electron chi connectivity index (χ4n) is 3.26. The summed E-state index contributed by atoms with van der Waals surface area (Å²) >= 11 is 6.00. The Labute approximate surface area is 192 Å². The van der Waals surface area contributed by atoms with Crippen LogP contribution in [0.3, 0.4) is 0 Å². The van der Waals surface area contributed by atoms with Crippen LogP contribution in [0, 0.1) is 19.7 Å². The molecular weight excluding hydrogens is 451 g/mol. The number of carbonyl (C=O) groups excluding carboxylic acids is 1. The highest BCUT2D eigenvalue weighted by Crippen LogP contribution is 2.29. The van der Waals surface area contributed by atoms with Gasteiger partial charge in [-0.2, -0.15) is 4.31 Å². The summed E-state index contributed by atoms with van der Waals surface area (Å²) in [4.78, 5) is 12.9. The molecule has 1 amide bonds. The predicted octanol–water partition coefficient (Wildman–Crippen LogP) is 5.49. The number of hydrogen-bond donors (Lipinski definition) is 1. The van der Waals surface area contributed by atoms with Crippen LogP contribution in [-0.4, -0.2) is 25.2 Å². The minimum Gasteiger partial charge on any atom is -0.324 e. The third-order valence-electron chi connectivity index (χ3n) is 5.30. The molecular formula is C24H24ClFN2O3S. The van der Waals surface area contributed by atoms with Crippen molar-refractivity contribution in [1.82, 2.24) is 4.31 Å². The normalized spacial score (nSPS) is 12.6. The zero-order valence-electron chi connectivity index (χ0n) is 18.0. The average Bonchev–Trinajstić information content (AvgIpc) is 2.76. The maximum atomic E-state index is 13.6. The Morgan fingerprint density at radius 1 is 1.03 bits per heavy atom. The number of amides is 1. The van der Waals surface area contributed by atoms with E-state index in [9.17, 15) is 17.6 Å². The van der Waals surface area contributed by atoms with E-state index >= 15 is 0 Å². The molecule has 3 aromatic carbocycles. The van der Waals surface area contributed by atoms with Gasteiger partial charge in [-0.1, -0.05) is 48.0 Å². The quantitative estimate of drug-likeness (QED) is 0.492. The van der Waals surface area contributed by atoms with Crippen molar-refractivity contribution in [2.45, 2.75) is 31.7 Å². The first kappa shape index (κ1) is 23.9. The molecule has 0 aliphatic heterocycles. The smallest absolute Gasteiger partial charge is 0.244 e. The van der Waals surface area contributed by atoms with Crippen molar-refractivity contribution in [3.8, 4) is 0 Å². The Morgan fingerprint density at radius 2 is 1.72 bits per heavy atom. The molecule has 0 bridgehead atoms. The van der Waals surface area contributed by atoms with Crippen LogP contribution >= 0.6 is 11.6 Å². The SMILES string of the molecule is Cc1ccc(S(=O)(=O)N(CC(=O)Nc2ccc(F)cc2Cl)[C@H](C)c2ccccc2)cc1C. The van der Waals surface area contributed by atoms with Crippen LogP contribution in [0.15, 0.2) is 71.6 Å². The molecule has 0 aliphatic carbocycles. The van der Waals surface area contributed by atoms with E-state index in [2.05, 4.69) is 5.32 Å². The van der Waals surface area contributed by atoms with Gasteiger partial charge in [0.15, 0.2) is 0 Å². The molecule has 0 heterocycles. The predicted molar refractivity (Wildman–Crippen MR) is 125 cm³/mol. The van der Waals surface area contributed by atoms with Crippen molar-refractivity contribution in [1.29, 1.82) is 0 Å². The fraction of sp³-hybridized carbons (Fsp3) is 0.208. The molecule has 3 aromatic rings. The maximum absolute atomic E-state index is 13.6. The summed E-state index contributed by atoms with van der Waals surface area (Å²) in [5, 5.41) is 2.60. The van der Waals surface area contributed by atoms with Crippen LogP contribution in [0.4, 0.5) is 10.1 Å². The van der Waals surface area contributed by atoms with Crippen molar-refractivity contribution in [3.05, 3.63) is 94.3 Å². The Balaban J connectivity index is 1.96. The van der Waals surface area contributed by atoms with Crippen LogP contribution in [0.5, 0.6) is 0 Å². The highest BCUT2D eigenvalue weighted by atomic mass is 35.5. The van der Waals surface area contributed by atoms with Gasteiger partial charge in [0.1, 0.15) is 5.82 Å². The molecule has 168 valence electrons. The van der Waals surface area contributed by atoms with E-state index in [1.54, 1.807) is 19.1 Å². The molecule has 0 radical (unpaired) electrons. The van der Waals surface area contributed by atoms with Crippen molar-refractivity contribution in [2.75, 3.05) is 11.9 Å². The summed E-state index contributed by atoms with van der Waals surface area (Å²) in [6.07, 6.45) is 0. The summed E-state index contributed by atoms with van der Waals surface area (Å²) < 4.78 is 41.6. The van der Waals surface area contributed by atoms with Gasteiger partial charge in [-0.25, -0.2) is 12.8 Å². The molecule has 0 fully saturated rings. The van der Waals surface area contributed by atoms with Crippen molar-refractivity contribution < 1.29 is 17.6 Å². The topological polar surface area (TPSA) is 66.5 Å². The molecule has 32 heavy (non-hydrogen) atoms. The Morgan fingerprint density at radius 3 is 2.34 bits per heavy atom. The lowest BCUT2D eigenvalue weighted by atomic mass is 10.1. The van der Waals surface area contributed by atoms with Crippen molar-refractivity contribution in [2.24, 2.45) is 0 Å². The van der Waals surface area contributed by atoms with Crippen LogP contribution in [-0.2, 0) is 14.8 Å². The molecule has 0 saturated heterocycles. The molecule has 0 spiro atoms. The van der Waals surface area contributed by atoms with E-state index in [1.165, 1.54) is 12.1 Å². The molecule has 0 aliphatic rings. The van der Waals surface area contributed by atoms with E-state index in [0.717, 1.165) is 33.1 Å². The summed E-state index contributed by atoms with van der Waals surface area (Å²) in [7, 11) is -4.01. The number of rotatable bonds is 7. The van der Waals surface area contributed by atoms with Crippen LogP contribution < -0.4 is 5.32 Å². The minimum atomic E-state index is -4.01. The summed E-state index contributed by atoms with van der Waals surface area (Å²) in [5.74, 6) is -1.13. The van der Waals surface area contributed by atoms with E-state index in [0.29, 0.717) is 0 Å². The van der Waals surface area contributed by atoms with Crippen LogP contribution in [0.1, 0.15) is 29.7 Å². The van der Waals surface area contributed by atoms with Crippen molar-refractivity contribution in [3.63, 3.8) is 0 Å². The van der Waals surface area contributed by atoms with Crippen LogP contribution in [0.25, 0.3) is 0 Å². The van der Waals surface area contributed by atoms with Gasteiger partial charge in [0.05, 0.1) is 22.2 Å². The summed E-state index contributed by atoms with van der Waals surface area (Å²) in [6, 6.07) is 16.9. The molecule has 1 atom stereocenters. The van der Waals surface area contributed by atoms with Gasteiger partial charge in [-0.05, 0) is 67.8 Å². The number of nitrogens with one attached hydrogen (secondary N) is 1. The number of sulfonamides is 1. The molecule has 0 unspecified atom stereocenters. The number of aryl methyl sites for hydroxylation is 2. The zero-order valence-corrected chi connectivity index (χ0v) is 19.5. The van der Waals surface area contributed by atoms with Gasteiger partial charge < -0.3 is 5.32 Å². The monoisotopic (exact) mass is 474 g/mol. The van der Waals surface area contributed by atoms with Crippen LogP contribution in [0.2, 0.25) is 5.02 Å². The molecule has 8 heteroatoms. The lowest BCUT2D eigenvalue weighted by Gasteiger charge is -2.28. The lowest BCUT2D eigenvalue weighted by Crippen LogP contribution is -2.39. The molecule has 5 nitrogen and oxygen atoms in total. The van der Waals surface area contributed by atoms with E-state index < -0.39 is 34.3 Å². The van der Waals surface area contributed by atoms with Gasteiger partial charge in [0.2, 0.25) is 15.9 Å². The van der Waals surface area contributed by atoms with Gasteiger partial charge >= 0.3 is 0 Å². The minimum absolute atomic E-state index is 0.0259. The first-order valence-electron chi connectivity index (χ1n) is 9.98. The maximum Gasteiger partial charge on any atom is 0.244 e. The number of anilines is 1. The second-order valence-corrected chi connectivity index (χ2v) is 9.85. The highest BCUT2D eigenvalue weighted by molar-refractivity contribution is 7.89. The van der Waals surface area contributed by atoms with E-state index in [-0.39, 0.29) is 15.6 Å². The third kappa shape index (κ3) is 5.35. The van der Waals surface area contributed by atoms with Gasteiger partial charge in [-0.3, -0.25) is 4.79 Å². The number of nitrogens with zero attached hydrogens (tertiary/aromatic N) is 1. The van der Waals surface area contributed by atoms with Gasteiger partial charge in [0, 0.05) is 6.04 Å². The summed E-state index contributed by atoms with van der Waals surface area (Å²) in [5.41, 5.74) is 2.75. The van der Waals surface area contributed by atoms with Gasteiger partial charge in [0.25, 0.3) is 0 Å². The summed E-state index contributed by atoms with van der Waals surface area (Å²) in [6.45, 7) is 5.02. The largest absolute Gasteiger partial charge is 0.324 e. The van der Waals surface area contributed by atoms with Gasteiger partial charge in [-0.15, -0.1) is 0 Å². The highest BCUT2D eigenvalue weighted by Gasteiger charge is 2.32. The number of halogens is 2. The first-order chi connectivity index (χ1) is 15.1. The number of benzene rings is 3. The first-order valence-corrected chi connectivity index (χ1v) is 11.8. The third-order valence-corrected chi connectivity index (χ3v) is 7.53. The zero-order chi connectivity index (χ0) is 23.5. The fourth-order valence-corrected chi connectivity index (χ4v) is 5.14. The Bertz CT molecular complexity index is 1230. The molecule has 1 N–H and O–H groups in total. The van der Waals surface area contributed by atoms with E-state index in [4.69, 9.17) is 11.6 Å². The average molecular weight is 475 g/mol. The Hall–Kier alpha value is -2.74. The molecule has 0 saturated carbocycles.